The van der Waals surface area contributed by atoms with E-state index in [0.29, 0.717) is 32.0 Å². The van der Waals surface area contributed by atoms with Gasteiger partial charge in [0.2, 0.25) is 5.91 Å². The van der Waals surface area contributed by atoms with Crippen LogP contribution in [0.4, 0.5) is 5.82 Å². The first kappa shape index (κ1) is 16.9. The highest BCUT2D eigenvalue weighted by molar-refractivity contribution is 5.89. The first-order valence-corrected chi connectivity index (χ1v) is 8.14. The van der Waals surface area contributed by atoms with Gasteiger partial charge in [-0.3, -0.25) is 14.5 Å². The molecule has 0 bridgehead atoms. The number of carbonyl (C=O) groups excluding carboxylic acids is 1. The van der Waals surface area contributed by atoms with E-state index in [0.717, 1.165) is 11.3 Å². The molecule has 3 rings (SSSR count). The molecule has 0 saturated carbocycles. The molecule has 6 heteroatoms. The van der Waals surface area contributed by atoms with Gasteiger partial charge >= 0.3 is 0 Å². The molecular weight excluding hydrogens is 316 g/mol. The van der Waals surface area contributed by atoms with E-state index in [9.17, 15) is 4.79 Å². The van der Waals surface area contributed by atoms with Crippen LogP contribution in [0.15, 0.2) is 67.0 Å². The van der Waals surface area contributed by atoms with E-state index in [1.54, 1.807) is 16.9 Å². The van der Waals surface area contributed by atoms with Crippen LogP contribution in [0, 0.1) is 0 Å². The molecular formula is C19H20N4O2. The summed E-state index contributed by atoms with van der Waals surface area (Å²) in [6.07, 6.45) is 3.85. The Morgan fingerprint density at radius 1 is 1.08 bits per heavy atom. The first-order chi connectivity index (χ1) is 12.3. The summed E-state index contributed by atoms with van der Waals surface area (Å²) in [4.78, 5) is 16.2. The molecule has 1 amide bonds. The zero-order valence-electron chi connectivity index (χ0n) is 13.8. The molecule has 0 unspecified atom stereocenters. The summed E-state index contributed by atoms with van der Waals surface area (Å²) >= 11 is 0. The standard InChI is InChI=1S/C19H20N4O2/c24-19(10-13-25-15-16-6-2-1-3-7-16)21-18-9-12-23(22-18)14-17-8-4-5-11-20-17/h1-9,11-12H,10,13-15H2,(H,21,22,24). The average molecular weight is 336 g/mol. The second-order valence-electron chi connectivity index (χ2n) is 5.56. The minimum atomic E-state index is -0.115. The number of rotatable bonds is 8. The normalized spacial score (nSPS) is 10.6. The van der Waals surface area contributed by atoms with Gasteiger partial charge in [-0.15, -0.1) is 0 Å². The third kappa shape index (κ3) is 5.54. The Morgan fingerprint density at radius 3 is 2.72 bits per heavy atom. The fourth-order valence-electron chi connectivity index (χ4n) is 2.31. The maximum atomic E-state index is 11.9. The van der Waals surface area contributed by atoms with Crippen molar-refractivity contribution in [3.8, 4) is 0 Å². The molecule has 2 heterocycles. The van der Waals surface area contributed by atoms with Crippen LogP contribution in [-0.4, -0.2) is 27.3 Å². The molecule has 3 aromatic rings. The van der Waals surface area contributed by atoms with E-state index >= 15 is 0 Å². The lowest BCUT2D eigenvalue weighted by atomic mass is 10.2. The molecule has 1 aromatic carbocycles. The average Bonchev–Trinajstić information content (AvgIpc) is 3.07. The van der Waals surface area contributed by atoms with Crippen LogP contribution in [0.5, 0.6) is 0 Å². The summed E-state index contributed by atoms with van der Waals surface area (Å²) in [6, 6.07) is 17.4. The maximum absolute atomic E-state index is 11.9. The van der Waals surface area contributed by atoms with Gasteiger partial charge in [-0.25, -0.2) is 0 Å². The SMILES string of the molecule is O=C(CCOCc1ccccc1)Nc1ccn(Cc2ccccn2)n1. The van der Waals surface area contributed by atoms with Crippen molar-refractivity contribution in [3.63, 3.8) is 0 Å². The van der Waals surface area contributed by atoms with Gasteiger partial charge in [-0.1, -0.05) is 36.4 Å². The third-order valence-corrected chi connectivity index (χ3v) is 3.54. The monoisotopic (exact) mass is 336 g/mol. The maximum Gasteiger partial charge on any atom is 0.227 e. The van der Waals surface area contributed by atoms with Gasteiger partial charge in [0.1, 0.15) is 0 Å². The van der Waals surface area contributed by atoms with Gasteiger partial charge < -0.3 is 10.1 Å². The molecule has 25 heavy (non-hydrogen) atoms. The van der Waals surface area contributed by atoms with Crippen LogP contribution >= 0.6 is 0 Å². The summed E-state index contributed by atoms with van der Waals surface area (Å²) in [7, 11) is 0. The van der Waals surface area contributed by atoms with Gasteiger partial charge in [0.05, 0.1) is 31.9 Å². The van der Waals surface area contributed by atoms with Crippen LogP contribution in [-0.2, 0) is 22.7 Å². The number of hydrogen-bond acceptors (Lipinski definition) is 4. The zero-order valence-corrected chi connectivity index (χ0v) is 13.8. The van der Waals surface area contributed by atoms with Crippen LogP contribution < -0.4 is 5.32 Å². The van der Waals surface area contributed by atoms with Crippen molar-refractivity contribution in [2.24, 2.45) is 0 Å². The second kappa shape index (κ2) is 8.75. The molecule has 0 aliphatic carbocycles. The number of amides is 1. The number of benzene rings is 1. The molecule has 0 aliphatic rings. The van der Waals surface area contributed by atoms with Gasteiger partial charge in [-0.05, 0) is 17.7 Å². The molecule has 0 radical (unpaired) electrons. The molecule has 0 atom stereocenters. The molecule has 1 N–H and O–H groups in total. The van der Waals surface area contributed by atoms with Crippen molar-refractivity contribution in [2.75, 3.05) is 11.9 Å². The third-order valence-electron chi connectivity index (χ3n) is 3.54. The minimum Gasteiger partial charge on any atom is -0.376 e. The van der Waals surface area contributed by atoms with Crippen molar-refractivity contribution >= 4 is 11.7 Å². The summed E-state index contributed by atoms with van der Waals surface area (Å²) in [6.45, 7) is 1.44. The molecule has 128 valence electrons. The van der Waals surface area contributed by atoms with Crippen LogP contribution in [0.25, 0.3) is 0 Å². The van der Waals surface area contributed by atoms with Gasteiger partial charge in [0.25, 0.3) is 0 Å². The first-order valence-electron chi connectivity index (χ1n) is 8.14. The molecule has 0 fully saturated rings. The Hall–Kier alpha value is -2.99. The summed E-state index contributed by atoms with van der Waals surface area (Å²) in [5.41, 5.74) is 2.01. The number of nitrogens with one attached hydrogen (secondary N) is 1. The predicted octanol–water partition coefficient (Wildman–Crippen LogP) is 2.87. The molecule has 2 aromatic heterocycles. The number of aromatic nitrogens is 3. The Bertz CT molecular complexity index is 787. The number of carbonyl (C=O) groups is 1. The van der Waals surface area contributed by atoms with E-state index in [1.165, 1.54) is 0 Å². The molecule has 6 nitrogen and oxygen atoms in total. The Labute approximate surface area is 146 Å². The van der Waals surface area contributed by atoms with E-state index in [4.69, 9.17) is 4.74 Å². The van der Waals surface area contributed by atoms with E-state index in [1.807, 2.05) is 54.7 Å². The highest BCUT2D eigenvalue weighted by Gasteiger charge is 2.06. The summed E-state index contributed by atoms with van der Waals surface area (Å²) < 4.78 is 7.26. The van der Waals surface area contributed by atoms with E-state index < -0.39 is 0 Å². The topological polar surface area (TPSA) is 69.0 Å². The van der Waals surface area contributed by atoms with Crippen LogP contribution in [0.1, 0.15) is 17.7 Å². The lowest BCUT2D eigenvalue weighted by Crippen LogP contribution is -2.15. The highest BCUT2D eigenvalue weighted by Crippen LogP contribution is 2.06. The smallest absolute Gasteiger partial charge is 0.227 e. The second-order valence-corrected chi connectivity index (χ2v) is 5.56. The van der Waals surface area contributed by atoms with Crippen molar-refractivity contribution in [3.05, 3.63) is 78.2 Å². The van der Waals surface area contributed by atoms with Crippen molar-refractivity contribution in [1.82, 2.24) is 14.8 Å². The molecule has 0 spiro atoms. The Balaban J connectivity index is 1.39. The summed E-state index contributed by atoms with van der Waals surface area (Å²) in [5.74, 6) is 0.417. The Kier molecular flexibility index (Phi) is 5.90. The quantitative estimate of drug-likeness (QED) is 0.642. The fraction of sp³-hybridized carbons (Fsp3) is 0.211. The van der Waals surface area contributed by atoms with Gasteiger partial charge in [-0.2, -0.15) is 5.10 Å². The lowest BCUT2D eigenvalue weighted by Gasteiger charge is -2.05. The van der Waals surface area contributed by atoms with Crippen LogP contribution in [0.3, 0.4) is 0 Å². The van der Waals surface area contributed by atoms with Crippen molar-refractivity contribution in [1.29, 1.82) is 0 Å². The van der Waals surface area contributed by atoms with Gasteiger partial charge in [0, 0.05) is 18.5 Å². The van der Waals surface area contributed by atoms with E-state index in [-0.39, 0.29) is 5.91 Å². The fourth-order valence-corrected chi connectivity index (χ4v) is 2.31. The van der Waals surface area contributed by atoms with Crippen LogP contribution in [0.2, 0.25) is 0 Å². The Morgan fingerprint density at radius 2 is 1.92 bits per heavy atom. The predicted molar refractivity (Wildman–Crippen MR) is 94.9 cm³/mol. The minimum absolute atomic E-state index is 0.115. The van der Waals surface area contributed by atoms with Gasteiger partial charge in [0.15, 0.2) is 5.82 Å². The largest absolute Gasteiger partial charge is 0.376 e. The van der Waals surface area contributed by atoms with Crippen molar-refractivity contribution in [2.45, 2.75) is 19.6 Å². The highest BCUT2D eigenvalue weighted by atomic mass is 16.5. The number of ether oxygens (including phenoxy) is 1. The number of hydrogen-bond donors (Lipinski definition) is 1. The summed E-state index contributed by atoms with van der Waals surface area (Å²) in [5, 5.41) is 7.10. The molecule has 0 saturated heterocycles. The zero-order chi connectivity index (χ0) is 17.3. The van der Waals surface area contributed by atoms with E-state index in [2.05, 4.69) is 15.4 Å². The number of pyridine rings is 1. The van der Waals surface area contributed by atoms with Crippen molar-refractivity contribution < 1.29 is 9.53 Å². The molecule has 0 aliphatic heterocycles. The number of nitrogens with zero attached hydrogens (tertiary/aromatic N) is 3. The lowest BCUT2D eigenvalue weighted by molar-refractivity contribution is -0.117. The number of anilines is 1.